The minimum Gasteiger partial charge on any atom is -0.368 e. The van der Waals surface area contributed by atoms with Gasteiger partial charge in [-0.1, -0.05) is 13.8 Å². The fourth-order valence-corrected chi connectivity index (χ4v) is 5.63. The maximum atomic E-state index is 13.3. The third kappa shape index (κ3) is 5.96. The summed E-state index contributed by atoms with van der Waals surface area (Å²) in [6.45, 7) is 10.9. The van der Waals surface area contributed by atoms with Crippen LogP contribution in [0.15, 0.2) is 30.7 Å². The van der Waals surface area contributed by atoms with E-state index < -0.39 is 0 Å². The number of pyridine rings is 1. The van der Waals surface area contributed by atoms with Crippen LogP contribution in [-0.4, -0.2) is 82.9 Å². The van der Waals surface area contributed by atoms with E-state index in [-0.39, 0.29) is 12.3 Å². The first kappa shape index (κ1) is 27.1. The second kappa shape index (κ2) is 12.5. The number of hydrogen-bond donors (Lipinski definition) is 1. The van der Waals surface area contributed by atoms with Crippen LogP contribution in [0.2, 0.25) is 0 Å². The molecule has 2 aromatic rings. The van der Waals surface area contributed by atoms with Crippen LogP contribution in [0.25, 0.3) is 0 Å². The number of nitrogens with zero attached hydrogens (tertiary/aromatic N) is 7. The summed E-state index contributed by atoms with van der Waals surface area (Å²) in [6.07, 6.45) is 8.92. The second-order valence-electron chi connectivity index (χ2n) is 9.70. The first-order valence-corrected chi connectivity index (χ1v) is 13.7. The highest BCUT2D eigenvalue weighted by Crippen LogP contribution is 2.40. The van der Waals surface area contributed by atoms with Crippen molar-refractivity contribution in [1.29, 1.82) is 0 Å². The van der Waals surface area contributed by atoms with E-state index in [1.807, 2.05) is 33.0 Å². The molecule has 1 unspecified atom stereocenters. The van der Waals surface area contributed by atoms with Crippen molar-refractivity contribution < 1.29 is 9.53 Å². The molecular weight excluding hydrogens is 468 g/mol. The lowest BCUT2D eigenvalue weighted by atomic mass is 9.93. The fraction of sp³-hybridized carbons (Fsp3) is 0.630. The van der Waals surface area contributed by atoms with Gasteiger partial charge in [0.1, 0.15) is 0 Å². The molecule has 202 valence electrons. The van der Waals surface area contributed by atoms with Crippen molar-refractivity contribution in [2.24, 2.45) is 5.92 Å². The van der Waals surface area contributed by atoms with E-state index in [1.165, 1.54) is 0 Å². The highest BCUT2D eigenvalue weighted by molar-refractivity contribution is 5.79. The van der Waals surface area contributed by atoms with Crippen LogP contribution in [0.4, 0.5) is 17.5 Å². The average Bonchev–Trinajstić information content (AvgIpc) is 3.23. The Bertz CT molecular complexity index is 1000. The van der Waals surface area contributed by atoms with Gasteiger partial charge in [-0.25, -0.2) is 15.0 Å². The molecule has 2 N–H and O–H groups in total. The largest absolute Gasteiger partial charge is 0.368 e. The predicted molar refractivity (Wildman–Crippen MR) is 146 cm³/mol. The molecule has 0 spiro atoms. The third-order valence-electron chi connectivity index (χ3n) is 7.51. The van der Waals surface area contributed by atoms with Crippen LogP contribution in [0.3, 0.4) is 0 Å². The first-order valence-electron chi connectivity index (χ1n) is 13.7. The maximum absolute atomic E-state index is 13.3. The normalized spacial score (nSPS) is 21.0. The smallest absolute Gasteiger partial charge is 0.225 e. The van der Waals surface area contributed by atoms with Crippen LogP contribution < -0.4 is 15.5 Å². The summed E-state index contributed by atoms with van der Waals surface area (Å²) < 4.78 is 6.10. The number of amides is 1. The molecule has 37 heavy (non-hydrogen) atoms. The van der Waals surface area contributed by atoms with E-state index in [0.29, 0.717) is 24.5 Å². The average molecular weight is 511 g/mol. The lowest BCUT2D eigenvalue weighted by Gasteiger charge is -2.42. The number of anilines is 3. The van der Waals surface area contributed by atoms with E-state index in [1.54, 1.807) is 12.4 Å². The number of aromatic nitrogens is 3. The summed E-state index contributed by atoms with van der Waals surface area (Å²) in [4.78, 5) is 35.1. The molecule has 5 heterocycles. The predicted octanol–water partition coefficient (Wildman–Crippen LogP) is 2.96. The SMILES string of the molecule is CC.CCOC1N(C)c2cccnc2N1C1CCN(C(=O)C2CCN(Cc3cnc(N)nc3)CC2)CC1. The van der Waals surface area contributed by atoms with Crippen LogP contribution in [0, 0.1) is 5.92 Å². The Labute approximate surface area is 220 Å². The molecular formula is C27H42N8O2. The van der Waals surface area contributed by atoms with Crippen LogP contribution in [0.5, 0.6) is 0 Å². The van der Waals surface area contributed by atoms with Crippen molar-refractivity contribution in [3.8, 4) is 0 Å². The Kier molecular flexibility index (Phi) is 9.15. The zero-order valence-corrected chi connectivity index (χ0v) is 22.7. The Morgan fingerprint density at radius 3 is 2.38 bits per heavy atom. The van der Waals surface area contributed by atoms with Crippen molar-refractivity contribution in [2.45, 2.75) is 65.4 Å². The molecule has 1 amide bonds. The number of carbonyl (C=O) groups excluding carboxylic acids is 1. The van der Waals surface area contributed by atoms with E-state index >= 15 is 0 Å². The number of carbonyl (C=O) groups is 1. The molecule has 2 aromatic heterocycles. The molecule has 1 atom stereocenters. The van der Waals surface area contributed by atoms with E-state index in [2.05, 4.69) is 47.7 Å². The second-order valence-corrected chi connectivity index (χ2v) is 9.70. The van der Waals surface area contributed by atoms with Crippen LogP contribution >= 0.6 is 0 Å². The van der Waals surface area contributed by atoms with Crippen molar-refractivity contribution in [1.82, 2.24) is 24.8 Å². The van der Waals surface area contributed by atoms with Gasteiger partial charge in [0.2, 0.25) is 18.2 Å². The van der Waals surface area contributed by atoms with Crippen LogP contribution in [0.1, 0.15) is 52.0 Å². The quantitative estimate of drug-likeness (QED) is 0.628. The number of rotatable bonds is 6. The molecule has 0 radical (unpaired) electrons. The van der Waals surface area contributed by atoms with E-state index in [9.17, 15) is 4.79 Å². The van der Waals surface area contributed by atoms with Gasteiger partial charge >= 0.3 is 0 Å². The highest BCUT2D eigenvalue weighted by Gasteiger charge is 2.41. The lowest BCUT2D eigenvalue weighted by molar-refractivity contribution is -0.138. The summed E-state index contributed by atoms with van der Waals surface area (Å²) in [5.74, 6) is 1.71. The number of piperidine rings is 2. The highest BCUT2D eigenvalue weighted by atomic mass is 16.5. The number of hydrogen-bond acceptors (Lipinski definition) is 9. The van der Waals surface area contributed by atoms with E-state index in [0.717, 1.165) is 75.5 Å². The van der Waals surface area contributed by atoms with Crippen molar-refractivity contribution in [3.63, 3.8) is 0 Å². The summed E-state index contributed by atoms with van der Waals surface area (Å²) in [5.41, 5.74) is 7.74. The van der Waals surface area contributed by atoms with Crippen molar-refractivity contribution in [3.05, 3.63) is 36.3 Å². The molecule has 0 bridgehead atoms. The minimum absolute atomic E-state index is 0.113. The van der Waals surface area contributed by atoms with Crippen molar-refractivity contribution in [2.75, 3.05) is 55.4 Å². The molecule has 2 fully saturated rings. The number of fused-ring (bicyclic) bond motifs is 1. The van der Waals surface area contributed by atoms with Gasteiger partial charge in [0.15, 0.2) is 5.82 Å². The molecule has 5 rings (SSSR count). The van der Waals surface area contributed by atoms with Gasteiger partial charge in [0, 0.05) is 69.4 Å². The Morgan fingerprint density at radius 2 is 1.73 bits per heavy atom. The van der Waals surface area contributed by atoms with Gasteiger partial charge in [-0.3, -0.25) is 9.69 Å². The van der Waals surface area contributed by atoms with Gasteiger partial charge in [-0.2, -0.15) is 0 Å². The molecule has 10 nitrogen and oxygen atoms in total. The summed E-state index contributed by atoms with van der Waals surface area (Å²) in [5, 5.41) is 0. The van der Waals surface area contributed by atoms with Gasteiger partial charge in [-0.15, -0.1) is 0 Å². The number of nitrogens with two attached hydrogens (primary N) is 1. The third-order valence-corrected chi connectivity index (χ3v) is 7.51. The minimum atomic E-state index is -0.145. The number of nitrogen functional groups attached to an aromatic ring is 1. The van der Waals surface area contributed by atoms with Gasteiger partial charge in [-0.05, 0) is 57.8 Å². The maximum Gasteiger partial charge on any atom is 0.225 e. The number of likely N-dealkylation sites (tertiary alicyclic amines) is 2. The zero-order valence-electron chi connectivity index (χ0n) is 22.7. The van der Waals surface area contributed by atoms with Gasteiger partial charge in [0.25, 0.3) is 0 Å². The Morgan fingerprint density at radius 1 is 1.05 bits per heavy atom. The number of ether oxygens (including phenoxy) is 1. The molecule has 2 saturated heterocycles. The standard InChI is InChI=1S/C25H36N8O2.C2H6/c1-3-35-25-30(2)21-5-4-10-27-22(21)33(25)20-8-13-32(14-9-20)23(34)19-6-11-31(12-7-19)17-18-15-28-24(26)29-16-18;1-2/h4-5,10,15-16,19-20,25H,3,6-9,11-14,17H2,1-2H3,(H2,26,28,29);1-2H3. The molecule has 3 aliphatic rings. The van der Waals surface area contributed by atoms with Crippen LogP contribution in [-0.2, 0) is 16.1 Å². The Balaban J connectivity index is 0.00000156. The first-order chi connectivity index (χ1) is 18.0. The molecule has 3 aliphatic heterocycles. The van der Waals surface area contributed by atoms with Crippen molar-refractivity contribution >= 4 is 23.4 Å². The summed E-state index contributed by atoms with van der Waals surface area (Å²) in [7, 11) is 2.06. The molecule has 0 saturated carbocycles. The fourth-order valence-electron chi connectivity index (χ4n) is 5.63. The monoisotopic (exact) mass is 510 g/mol. The lowest BCUT2D eigenvalue weighted by Crippen LogP contribution is -2.54. The summed E-state index contributed by atoms with van der Waals surface area (Å²) in [6, 6.07) is 4.37. The molecule has 0 aliphatic carbocycles. The van der Waals surface area contributed by atoms with E-state index in [4.69, 9.17) is 10.5 Å². The van der Waals surface area contributed by atoms with Gasteiger partial charge < -0.3 is 25.2 Å². The Hall–Kier alpha value is -2.98. The zero-order chi connectivity index (χ0) is 26.4. The van der Waals surface area contributed by atoms with Gasteiger partial charge in [0.05, 0.1) is 5.69 Å². The molecule has 10 heteroatoms. The summed E-state index contributed by atoms with van der Waals surface area (Å²) >= 11 is 0. The topological polar surface area (TPSA) is 104 Å². The molecule has 0 aromatic carbocycles.